The first kappa shape index (κ1) is 7.49. The number of Topliss-reactive ketones (excluding diaryl/α,β-unsaturated/α-hetero) is 1. The van der Waals surface area contributed by atoms with Crippen molar-refractivity contribution in [3.8, 4) is 0 Å². The van der Waals surface area contributed by atoms with E-state index in [1.54, 1.807) is 5.38 Å². The van der Waals surface area contributed by atoms with E-state index in [1.807, 2.05) is 0 Å². The average Bonchev–Trinajstić information content (AvgIpc) is 2.49. The number of ketones is 1. The van der Waals surface area contributed by atoms with Gasteiger partial charge in [0.1, 0.15) is 0 Å². The molecule has 62 valence electrons. The molecule has 0 amide bonds. The maximum Gasteiger partial charge on any atom is 0.167 e. The summed E-state index contributed by atoms with van der Waals surface area (Å²) in [6.45, 7) is 0.642. The van der Waals surface area contributed by atoms with Gasteiger partial charge in [0.15, 0.2) is 12.1 Å². The number of carbonyl (C=O) groups excluding carboxylic acids is 2. The van der Waals surface area contributed by atoms with Crippen molar-refractivity contribution < 1.29 is 9.59 Å². The molecule has 0 atom stereocenters. The summed E-state index contributed by atoms with van der Waals surface area (Å²) in [5, 5.41) is 4.79. The first-order valence-electron chi connectivity index (χ1n) is 3.66. The summed E-state index contributed by atoms with van der Waals surface area (Å²) in [7, 11) is 0. The van der Waals surface area contributed by atoms with Gasteiger partial charge < -0.3 is 5.32 Å². The highest BCUT2D eigenvalue weighted by Gasteiger charge is 2.20. The summed E-state index contributed by atoms with van der Waals surface area (Å²) in [6, 6.07) is 0. The highest BCUT2D eigenvalue weighted by atomic mass is 32.1. The van der Waals surface area contributed by atoms with Crippen LogP contribution in [0.1, 0.15) is 26.5 Å². The summed E-state index contributed by atoms with van der Waals surface area (Å²) >= 11 is 1.32. The molecule has 0 fully saturated rings. The Morgan fingerprint density at radius 1 is 1.58 bits per heavy atom. The largest absolute Gasteiger partial charge is 0.383 e. The summed E-state index contributed by atoms with van der Waals surface area (Å²) in [5.41, 5.74) is 1.40. The van der Waals surface area contributed by atoms with Crippen molar-refractivity contribution in [3.63, 3.8) is 0 Å². The van der Waals surface area contributed by atoms with Gasteiger partial charge in [0.2, 0.25) is 0 Å². The van der Waals surface area contributed by atoms with Crippen LogP contribution in [0.15, 0.2) is 5.38 Å². The number of carbonyl (C=O) groups is 2. The highest BCUT2D eigenvalue weighted by Crippen LogP contribution is 2.30. The van der Waals surface area contributed by atoms with Crippen LogP contribution in [0.25, 0.3) is 0 Å². The third-order valence-corrected chi connectivity index (χ3v) is 2.79. The van der Waals surface area contributed by atoms with Crippen molar-refractivity contribution in [2.45, 2.75) is 6.42 Å². The third-order valence-electron chi connectivity index (χ3n) is 1.88. The molecule has 1 aromatic heterocycles. The number of aldehydes is 1. The number of hydrogen-bond acceptors (Lipinski definition) is 4. The van der Waals surface area contributed by atoms with Crippen molar-refractivity contribution >= 4 is 29.1 Å². The van der Waals surface area contributed by atoms with Gasteiger partial charge in [-0.25, -0.2) is 0 Å². The molecular formula is C8H7NO2S. The molecular weight excluding hydrogens is 174 g/mol. The Morgan fingerprint density at radius 2 is 2.42 bits per heavy atom. The van der Waals surface area contributed by atoms with Gasteiger partial charge in [-0.1, -0.05) is 0 Å². The topological polar surface area (TPSA) is 46.2 Å². The molecule has 2 heterocycles. The number of nitrogens with one attached hydrogen (secondary N) is 1. The maximum absolute atomic E-state index is 11.3. The van der Waals surface area contributed by atoms with Crippen molar-refractivity contribution in [1.82, 2.24) is 0 Å². The van der Waals surface area contributed by atoms with Crippen LogP contribution >= 0.6 is 11.3 Å². The minimum atomic E-state index is 0.133. The van der Waals surface area contributed by atoms with Crippen LogP contribution in [0.3, 0.4) is 0 Å². The van der Waals surface area contributed by atoms with Crippen molar-refractivity contribution in [2.75, 3.05) is 11.9 Å². The quantitative estimate of drug-likeness (QED) is 0.669. The fourth-order valence-corrected chi connectivity index (χ4v) is 2.13. The zero-order valence-electron chi connectivity index (χ0n) is 6.29. The number of hydrogen-bond donors (Lipinski definition) is 1. The molecule has 12 heavy (non-hydrogen) atoms. The van der Waals surface area contributed by atoms with Crippen molar-refractivity contribution in [2.24, 2.45) is 0 Å². The predicted octanol–water partition coefficient (Wildman–Crippen LogP) is 1.56. The molecule has 0 aliphatic carbocycles. The minimum absolute atomic E-state index is 0.133. The lowest BCUT2D eigenvalue weighted by molar-refractivity contribution is 0.0984. The van der Waals surface area contributed by atoms with E-state index in [-0.39, 0.29) is 5.78 Å². The second-order valence-electron chi connectivity index (χ2n) is 2.61. The van der Waals surface area contributed by atoms with E-state index in [1.165, 1.54) is 11.3 Å². The number of fused-ring (bicyclic) bond motifs is 1. The molecule has 1 N–H and O–H groups in total. The number of anilines is 1. The summed E-state index contributed by atoms with van der Waals surface area (Å²) in [4.78, 5) is 22.4. The zero-order chi connectivity index (χ0) is 8.55. The molecule has 0 saturated heterocycles. The minimum Gasteiger partial charge on any atom is -0.383 e. The number of thiophene rings is 1. The Kier molecular flexibility index (Phi) is 1.69. The summed E-state index contributed by atoms with van der Waals surface area (Å²) in [6.07, 6.45) is 1.32. The van der Waals surface area contributed by atoms with Crippen LogP contribution in [-0.2, 0) is 0 Å². The normalized spacial score (nSPS) is 15.2. The van der Waals surface area contributed by atoms with Crippen LogP contribution in [0.2, 0.25) is 0 Å². The smallest absolute Gasteiger partial charge is 0.167 e. The van der Waals surface area contributed by atoms with Gasteiger partial charge in [0.25, 0.3) is 0 Å². The fraction of sp³-hybridized carbons (Fsp3) is 0.250. The monoisotopic (exact) mass is 181 g/mol. The highest BCUT2D eigenvalue weighted by molar-refractivity contribution is 7.12. The summed E-state index contributed by atoms with van der Waals surface area (Å²) in [5.74, 6) is 0.133. The standard InChI is InChI=1S/C8H7NO2S/c10-3-7-8-5(4-12-7)6(11)1-2-9-8/h3-4,9H,1-2H2. The SMILES string of the molecule is O=Cc1scc2c1NCCC2=O. The summed E-state index contributed by atoms with van der Waals surface area (Å²) < 4.78 is 0. The van der Waals surface area contributed by atoms with E-state index in [2.05, 4.69) is 5.32 Å². The average molecular weight is 181 g/mol. The molecule has 0 aromatic carbocycles. The molecule has 0 saturated carbocycles. The maximum atomic E-state index is 11.3. The Bertz CT molecular complexity index is 343. The van der Waals surface area contributed by atoms with Gasteiger partial charge in [0.05, 0.1) is 16.1 Å². The van der Waals surface area contributed by atoms with E-state index in [0.717, 1.165) is 12.0 Å². The molecule has 0 unspecified atom stereocenters. The molecule has 0 bridgehead atoms. The Balaban J connectivity index is 2.54. The van der Waals surface area contributed by atoms with E-state index < -0.39 is 0 Å². The second kappa shape index (κ2) is 2.71. The molecule has 0 radical (unpaired) electrons. The first-order chi connectivity index (χ1) is 5.83. The third kappa shape index (κ3) is 0.956. The first-order valence-corrected chi connectivity index (χ1v) is 4.54. The van der Waals surface area contributed by atoms with Gasteiger partial charge in [-0.15, -0.1) is 11.3 Å². The molecule has 3 nitrogen and oxygen atoms in total. The molecule has 1 aromatic rings. The Hall–Kier alpha value is -1.16. The molecule has 1 aliphatic rings. The van der Waals surface area contributed by atoms with Crippen LogP contribution in [-0.4, -0.2) is 18.6 Å². The van der Waals surface area contributed by atoms with Crippen LogP contribution in [0, 0.1) is 0 Å². The number of rotatable bonds is 1. The van der Waals surface area contributed by atoms with Crippen molar-refractivity contribution in [3.05, 3.63) is 15.8 Å². The molecule has 1 aliphatic heterocycles. The zero-order valence-corrected chi connectivity index (χ0v) is 7.11. The Labute approximate surface area is 73.4 Å². The lowest BCUT2D eigenvalue weighted by Crippen LogP contribution is -2.16. The van der Waals surface area contributed by atoms with Crippen LogP contribution in [0.4, 0.5) is 5.69 Å². The molecule has 2 rings (SSSR count). The second-order valence-corrected chi connectivity index (χ2v) is 3.52. The van der Waals surface area contributed by atoms with Gasteiger partial charge in [-0.2, -0.15) is 0 Å². The van der Waals surface area contributed by atoms with Gasteiger partial charge in [0, 0.05) is 18.3 Å². The van der Waals surface area contributed by atoms with E-state index in [0.29, 0.717) is 23.4 Å². The van der Waals surface area contributed by atoms with E-state index in [9.17, 15) is 9.59 Å². The van der Waals surface area contributed by atoms with Gasteiger partial charge in [-0.3, -0.25) is 9.59 Å². The van der Waals surface area contributed by atoms with Crippen LogP contribution in [0.5, 0.6) is 0 Å². The predicted molar refractivity (Wildman–Crippen MR) is 47.1 cm³/mol. The van der Waals surface area contributed by atoms with E-state index >= 15 is 0 Å². The molecule has 0 spiro atoms. The lowest BCUT2D eigenvalue weighted by atomic mass is 10.1. The van der Waals surface area contributed by atoms with E-state index in [4.69, 9.17) is 0 Å². The van der Waals surface area contributed by atoms with Crippen LogP contribution < -0.4 is 5.32 Å². The van der Waals surface area contributed by atoms with Gasteiger partial charge >= 0.3 is 0 Å². The van der Waals surface area contributed by atoms with Gasteiger partial charge in [-0.05, 0) is 0 Å². The lowest BCUT2D eigenvalue weighted by Gasteiger charge is -2.12. The fourth-order valence-electron chi connectivity index (χ4n) is 1.28. The molecule has 4 heteroatoms. The Morgan fingerprint density at radius 3 is 3.17 bits per heavy atom. The van der Waals surface area contributed by atoms with Crippen molar-refractivity contribution in [1.29, 1.82) is 0 Å².